The number of hydrogen-bond donors (Lipinski definition) is 0. The van der Waals surface area contributed by atoms with E-state index in [1.54, 1.807) is 18.2 Å². The summed E-state index contributed by atoms with van der Waals surface area (Å²) in [5.74, 6) is 0.325. The molecule has 1 rings (SSSR count). The van der Waals surface area contributed by atoms with Crippen molar-refractivity contribution in [2.75, 3.05) is 0 Å². The molecule has 2 nitrogen and oxygen atoms in total. The van der Waals surface area contributed by atoms with E-state index in [2.05, 4.69) is 0 Å². The fourth-order valence-electron chi connectivity index (χ4n) is 1.13. The molecule has 0 radical (unpaired) electrons. The molecule has 0 aliphatic rings. The molecule has 1 aromatic rings. The van der Waals surface area contributed by atoms with Crippen molar-refractivity contribution in [1.82, 2.24) is 0 Å². The van der Waals surface area contributed by atoms with Crippen LogP contribution in [0, 0.1) is 0 Å². The zero-order chi connectivity index (χ0) is 10.4. The van der Waals surface area contributed by atoms with Crippen molar-refractivity contribution in [3.05, 3.63) is 42.0 Å². The summed E-state index contributed by atoms with van der Waals surface area (Å²) in [6, 6.07) is 9.09. The molecule has 0 fully saturated rings. The Morgan fingerprint density at radius 1 is 1.36 bits per heavy atom. The molecule has 0 unspecified atom stereocenters. The number of ether oxygens (including phenoxy) is 1. The van der Waals surface area contributed by atoms with Crippen molar-refractivity contribution in [3.8, 4) is 5.75 Å². The molecule has 0 spiro atoms. The lowest BCUT2D eigenvalue weighted by Gasteiger charge is -2.04. The van der Waals surface area contributed by atoms with Crippen LogP contribution in [-0.2, 0) is 4.79 Å². The lowest BCUT2D eigenvalue weighted by molar-refractivity contribution is -0.130. The Balaban J connectivity index is 2.66. The molecule has 0 bridgehead atoms. The standard InChI is InChI=1S/C12H14O2/c1-3-10(4-2)12(13)14-11-8-6-5-7-9-11/h3,5-9H,4H2,1-2H3/b10-3+. The molecule has 1 aromatic carbocycles. The Labute approximate surface area is 84.2 Å². The maximum Gasteiger partial charge on any atom is 0.339 e. The smallest absolute Gasteiger partial charge is 0.339 e. The third-order valence-corrected chi connectivity index (χ3v) is 1.95. The topological polar surface area (TPSA) is 26.3 Å². The monoisotopic (exact) mass is 190 g/mol. The highest BCUT2D eigenvalue weighted by Crippen LogP contribution is 2.12. The number of hydrogen-bond acceptors (Lipinski definition) is 2. The number of benzene rings is 1. The number of para-hydroxylation sites is 1. The fraction of sp³-hybridized carbons (Fsp3) is 0.250. The van der Waals surface area contributed by atoms with E-state index in [-0.39, 0.29) is 5.97 Å². The first-order valence-electron chi connectivity index (χ1n) is 4.70. The second-order valence-electron chi connectivity index (χ2n) is 2.87. The Bertz CT molecular complexity index is 325. The van der Waals surface area contributed by atoms with Gasteiger partial charge in [0.15, 0.2) is 0 Å². The lowest BCUT2D eigenvalue weighted by atomic mass is 10.2. The van der Waals surface area contributed by atoms with Gasteiger partial charge in [-0.05, 0) is 25.5 Å². The van der Waals surface area contributed by atoms with Crippen molar-refractivity contribution in [2.24, 2.45) is 0 Å². The molecule has 0 amide bonds. The van der Waals surface area contributed by atoms with E-state index in [4.69, 9.17) is 4.74 Å². The van der Waals surface area contributed by atoms with Gasteiger partial charge in [0.2, 0.25) is 0 Å². The number of carbonyl (C=O) groups is 1. The number of allylic oxidation sites excluding steroid dienone is 1. The summed E-state index contributed by atoms with van der Waals surface area (Å²) in [7, 11) is 0. The van der Waals surface area contributed by atoms with Gasteiger partial charge in [0.25, 0.3) is 0 Å². The van der Waals surface area contributed by atoms with E-state index in [9.17, 15) is 4.79 Å². The quantitative estimate of drug-likeness (QED) is 0.416. The summed E-state index contributed by atoms with van der Waals surface area (Å²) in [5, 5.41) is 0. The first-order chi connectivity index (χ1) is 6.77. The third kappa shape index (κ3) is 2.73. The van der Waals surface area contributed by atoms with Crippen LogP contribution in [0.4, 0.5) is 0 Å². The minimum absolute atomic E-state index is 0.263. The molecule has 0 saturated heterocycles. The Kier molecular flexibility index (Phi) is 3.92. The van der Waals surface area contributed by atoms with E-state index >= 15 is 0 Å². The van der Waals surface area contributed by atoms with Gasteiger partial charge in [0.05, 0.1) is 0 Å². The highest BCUT2D eigenvalue weighted by Gasteiger charge is 2.08. The SMILES string of the molecule is C/C=C(\CC)C(=O)Oc1ccccc1. The second-order valence-corrected chi connectivity index (χ2v) is 2.87. The third-order valence-electron chi connectivity index (χ3n) is 1.95. The number of carbonyl (C=O) groups excluding carboxylic acids is 1. The fourth-order valence-corrected chi connectivity index (χ4v) is 1.13. The van der Waals surface area contributed by atoms with Crippen molar-refractivity contribution in [2.45, 2.75) is 20.3 Å². The molecule has 74 valence electrons. The van der Waals surface area contributed by atoms with Gasteiger partial charge in [0, 0.05) is 5.57 Å². The van der Waals surface area contributed by atoms with Gasteiger partial charge in [-0.1, -0.05) is 31.2 Å². The molecule has 0 aliphatic carbocycles. The van der Waals surface area contributed by atoms with Crippen LogP contribution >= 0.6 is 0 Å². The van der Waals surface area contributed by atoms with Gasteiger partial charge in [0.1, 0.15) is 5.75 Å². The first-order valence-corrected chi connectivity index (χ1v) is 4.70. The van der Waals surface area contributed by atoms with Crippen LogP contribution < -0.4 is 4.74 Å². The Morgan fingerprint density at radius 3 is 2.50 bits per heavy atom. The van der Waals surface area contributed by atoms with Gasteiger partial charge < -0.3 is 4.74 Å². The number of esters is 1. The van der Waals surface area contributed by atoms with Crippen LogP contribution in [0.1, 0.15) is 20.3 Å². The molecule has 0 aliphatic heterocycles. The van der Waals surface area contributed by atoms with Crippen LogP contribution in [0.5, 0.6) is 5.75 Å². The number of rotatable bonds is 3. The Hall–Kier alpha value is -1.57. The van der Waals surface area contributed by atoms with E-state index in [0.29, 0.717) is 17.7 Å². The van der Waals surface area contributed by atoms with Gasteiger partial charge >= 0.3 is 5.97 Å². The summed E-state index contributed by atoms with van der Waals surface area (Å²) >= 11 is 0. The largest absolute Gasteiger partial charge is 0.423 e. The maximum absolute atomic E-state index is 11.5. The second kappa shape index (κ2) is 5.22. The van der Waals surface area contributed by atoms with E-state index in [0.717, 1.165) is 0 Å². The van der Waals surface area contributed by atoms with E-state index < -0.39 is 0 Å². The molecule has 0 N–H and O–H groups in total. The summed E-state index contributed by atoms with van der Waals surface area (Å²) in [6.07, 6.45) is 2.48. The minimum atomic E-state index is -0.263. The van der Waals surface area contributed by atoms with Crippen LogP contribution in [0.2, 0.25) is 0 Å². The van der Waals surface area contributed by atoms with Gasteiger partial charge in [-0.3, -0.25) is 0 Å². The van der Waals surface area contributed by atoms with Crippen molar-refractivity contribution < 1.29 is 9.53 Å². The summed E-state index contributed by atoms with van der Waals surface area (Å²) < 4.78 is 5.15. The average molecular weight is 190 g/mol. The van der Waals surface area contributed by atoms with Gasteiger partial charge in [-0.25, -0.2) is 4.79 Å². The summed E-state index contributed by atoms with van der Waals surface area (Å²) in [6.45, 7) is 3.77. The molecule has 0 atom stereocenters. The molecular formula is C12H14O2. The highest BCUT2D eigenvalue weighted by molar-refractivity contribution is 5.89. The van der Waals surface area contributed by atoms with Gasteiger partial charge in [-0.15, -0.1) is 0 Å². The normalized spacial score (nSPS) is 11.1. The van der Waals surface area contributed by atoms with Crippen molar-refractivity contribution >= 4 is 5.97 Å². The highest BCUT2D eigenvalue weighted by atomic mass is 16.5. The summed E-state index contributed by atoms with van der Waals surface area (Å²) in [4.78, 5) is 11.5. The van der Waals surface area contributed by atoms with Crippen LogP contribution in [0.25, 0.3) is 0 Å². The van der Waals surface area contributed by atoms with Crippen molar-refractivity contribution in [3.63, 3.8) is 0 Å². The predicted octanol–water partition coefficient (Wildman–Crippen LogP) is 2.95. The minimum Gasteiger partial charge on any atom is -0.423 e. The molecular weight excluding hydrogens is 176 g/mol. The molecule has 14 heavy (non-hydrogen) atoms. The molecule has 0 heterocycles. The van der Waals surface area contributed by atoms with Crippen LogP contribution in [-0.4, -0.2) is 5.97 Å². The molecule has 0 saturated carbocycles. The zero-order valence-corrected chi connectivity index (χ0v) is 8.49. The summed E-state index contributed by atoms with van der Waals surface area (Å²) in [5.41, 5.74) is 0.703. The molecule has 2 heteroatoms. The maximum atomic E-state index is 11.5. The van der Waals surface area contributed by atoms with Crippen molar-refractivity contribution in [1.29, 1.82) is 0 Å². The Morgan fingerprint density at radius 2 is 2.00 bits per heavy atom. The first kappa shape index (κ1) is 10.5. The average Bonchev–Trinajstić information content (AvgIpc) is 2.21. The van der Waals surface area contributed by atoms with Crippen LogP contribution in [0.15, 0.2) is 42.0 Å². The van der Waals surface area contributed by atoms with E-state index in [1.807, 2.05) is 32.0 Å². The predicted molar refractivity (Wildman–Crippen MR) is 56.1 cm³/mol. The van der Waals surface area contributed by atoms with Gasteiger partial charge in [-0.2, -0.15) is 0 Å². The van der Waals surface area contributed by atoms with Crippen LogP contribution in [0.3, 0.4) is 0 Å². The molecule has 0 aromatic heterocycles. The zero-order valence-electron chi connectivity index (χ0n) is 8.49. The lowest BCUT2D eigenvalue weighted by Crippen LogP contribution is -2.10. The van der Waals surface area contributed by atoms with E-state index in [1.165, 1.54) is 0 Å².